The number of hydrogen-bond acceptors (Lipinski definition) is 3. The van der Waals surface area contributed by atoms with Gasteiger partial charge in [0.25, 0.3) is 0 Å². The van der Waals surface area contributed by atoms with Gasteiger partial charge in [0.2, 0.25) is 11.8 Å². The zero-order valence-electron chi connectivity index (χ0n) is 15.9. The number of hydrogen-bond donors (Lipinski definition) is 2. The maximum Gasteiger partial charge on any atom is 0.224 e. The van der Waals surface area contributed by atoms with Crippen LogP contribution < -0.4 is 11.1 Å². The zero-order valence-corrected chi connectivity index (χ0v) is 17.5. The summed E-state index contributed by atoms with van der Waals surface area (Å²) in [4.78, 5) is 25.9. The fourth-order valence-electron chi connectivity index (χ4n) is 3.55. The average Bonchev–Trinajstić information content (AvgIpc) is 2.68. The van der Waals surface area contributed by atoms with E-state index in [1.54, 1.807) is 0 Å². The summed E-state index contributed by atoms with van der Waals surface area (Å²) < 4.78 is 1.03. The Morgan fingerprint density at radius 2 is 1.86 bits per heavy atom. The van der Waals surface area contributed by atoms with E-state index in [-0.39, 0.29) is 17.7 Å². The number of primary amides is 1. The van der Waals surface area contributed by atoms with Gasteiger partial charge < -0.3 is 11.1 Å². The Kier molecular flexibility index (Phi) is 7.23. The highest BCUT2D eigenvalue weighted by atomic mass is 79.9. The Morgan fingerprint density at radius 1 is 1.11 bits per heavy atom. The summed E-state index contributed by atoms with van der Waals surface area (Å²) in [6.07, 6.45) is 2.77. The van der Waals surface area contributed by atoms with Crippen molar-refractivity contribution >= 4 is 33.4 Å². The van der Waals surface area contributed by atoms with Crippen molar-refractivity contribution in [2.24, 2.45) is 11.7 Å². The molecule has 0 atom stereocenters. The first-order valence-electron chi connectivity index (χ1n) is 9.65. The molecule has 0 radical (unpaired) electrons. The number of nitrogens with one attached hydrogen (secondary N) is 1. The molecule has 3 N–H and O–H groups in total. The largest absolute Gasteiger partial charge is 0.369 e. The standard InChI is InChI=1S/C22H26BrN3O2/c23-20-7-2-1-5-17(20)8-9-21(27)25-19-6-3-4-16(14-19)15-26-12-10-18(11-13-26)22(24)28/h1-7,14,18H,8-13,15H2,(H2,24,28)(H,25,27). The van der Waals surface area contributed by atoms with E-state index in [0.717, 1.165) is 53.8 Å². The van der Waals surface area contributed by atoms with Gasteiger partial charge in [-0.1, -0.05) is 46.3 Å². The van der Waals surface area contributed by atoms with Crippen LogP contribution in [-0.2, 0) is 22.6 Å². The number of amides is 2. The molecule has 1 aliphatic rings. The van der Waals surface area contributed by atoms with E-state index < -0.39 is 0 Å². The van der Waals surface area contributed by atoms with Crippen LogP contribution in [0.3, 0.4) is 0 Å². The van der Waals surface area contributed by atoms with Crippen LogP contribution in [0.15, 0.2) is 53.0 Å². The number of piperidine rings is 1. The molecule has 6 heteroatoms. The zero-order chi connectivity index (χ0) is 19.9. The van der Waals surface area contributed by atoms with Crippen LogP contribution in [0.4, 0.5) is 5.69 Å². The smallest absolute Gasteiger partial charge is 0.224 e. The summed E-state index contributed by atoms with van der Waals surface area (Å²) in [6.45, 7) is 2.55. The number of aryl methyl sites for hydroxylation is 1. The van der Waals surface area contributed by atoms with Crippen LogP contribution in [0.2, 0.25) is 0 Å². The third-order valence-corrected chi connectivity index (χ3v) is 5.96. The number of nitrogens with two attached hydrogens (primary N) is 1. The Hall–Kier alpha value is -2.18. The lowest BCUT2D eigenvalue weighted by Crippen LogP contribution is -2.38. The van der Waals surface area contributed by atoms with Gasteiger partial charge in [-0.25, -0.2) is 0 Å². The van der Waals surface area contributed by atoms with Gasteiger partial charge in [0.1, 0.15) is 0 Å². The molecule has 0 bridgehead atoms. The Bertz CT molecular complexity index is 832. The number of rotatable bonds is 7. The lowest BCUT2D eigenvalue weighted by atomic mass is 9.96. The molecule has 0 saturated carbocycles. The van der Waals surface area contributed by atoms with Crippen LogP contribution in [0.1, 0.15) is 30.4 Å². The van der Waals surface area contributed by atoms with Crippen molar-refractivity contribution in [2.75, 3.05) is 18.4 Å². The number of nitrogens with zero attached hydrogens (tertiary/aromatic N) is 1. The summed E-state index contributed by atoms with van der Waals surface area (Å²) in [5.74, 6) is -0.173. The minimum Gasteiger partial charge on any atom is -0.369 e. The molecule has 3 rings (SSSR count). The number of carbonyl (C=O) groups excluding carboxylic acids is 2. The van der Waals surface area contributed by atoms with Gasteiger partial charge in [-0.05, 0) is 61.7 Å². The van der Waals surface area contributed by atoms with Crippen molar-refractivity contribution in [2.45, 2.75) is 32.2 Å². The van der Waals surface area contributed by atoms with E-state index in [1.807, 2.05) is 42.5 Å². The first-order chi connectivity index (χ1) is 13.5. The number of likely N-dealkylation sites (tertiary alicyclic amines) is 1. The first-order valence-corrected chi connectivity index (χ1v) is 10.4. The van der Waals surface area contributed by atoms with E-state index in [2.05, 4.69) is 32.2 Å². The van der Waals surface area contributed by atoms with Gasteiger partial charge in [-0.2, -0.15) is 0 Å². The predicted molar refractivity (Wildman–Crippen MR) is 115 cm³/mol. The molecule has 1 heterocycles. The minimum absolute atomic E-state index is 0.00604. The molecule has 1 fully saturated rings. The summed E-state index contributed by atoms with van der Waals surface area (Å²) >= 11 is 3.52. The number of benzene rings is 2. The van der Waals surface area contributed by atoms with Gasteiger partial charge in [0.05, 0.1) is 0 Å². The lowest BCUT2D eigenvalue weighted by Gasteiger charge is -2.30. The molecular formula is C22H26BrN3O2. The van der Waals surface area contributed by atoms with Crippen molar-refractivity contribution in [3.05, 3.63) is 64.1 Å². The molecule has 2 aromatic rings. The highest BCUT2D eigenvalue weighted by Crippen LogP contribution is 2.21. The molecule has 0 spiro atoms. The fourth-order valence-corrected chi connectivity index (χ4v) is 4.04. The maximum absolute atomic E-state index is 12.3. The van der Waals surface area contributed by atoms with E-state index in [1.165, 1.54) is 0 Å². The monoisotopic (exact) mass is 443 g/mol. The van der Waals surface area contributed by atoms with Gasteiger partial charge in [0, 0.05) is 29.0 Å². The summed E-state index contributed by atoms with van der Waals surface area (Å²) in [6, 6.07) is 15.9. The Balaban J connectivity index is 1.50. The molecule has 0 unspecified atom stereocenters. The van der Waals surface area contributed by atoms with Crippen LogP contribution in [0.5, 0.6) is 0 Å². The Morgan fingerprint density at radius 3 is 2.57 bits per heavy atom. The van der Waals surface area contributed by atoms with Crippen molar-refractivity contribution < 1.29 is 9.59 Å². The van der Waals surface area contributed by atoms with Crippen LogP contribution >= 0.6 is 15.9 Å². The normalized spacial score (nSPS) is 15.3. The van der Waals surface area contributed by atoms with Crippen molar-refractivity contribution in [1.82, 2.24) is 4.90 Å². The predicted octanol–water partition coefficient (Wildman–Crippen LogP) is 3.72. The minimum atomic E-state index is -0.188. The third kappa shape index (κ3) is 5.91. The van der Waals surface area contributed by atoms with Crippen LogP contribution in [0.25, 0.3) is 0 Å². The van der Waals surface area contributed by atoms with Crippen LogP contribution in [0, 0.1) is 5.92 Å². The molecule has 2 aromatic carbocycles. The molecule has 1 saturated heterocycles. The van der Waals surface area contributed by atoms with E-state index in [4.69, 9.17) is 5.73 Å². The van der Waals surface area contributed by atoms with E-state index in [0.29, 0.717) is 12.8 Å². The molecule has 2 amide bonds. The van der Waals surface area contributed by atoms with Crippen molar-refractivity contribution in [1.29, 1.82) is 0 Å². The van der Waals surface area contributed by atoms with Gasteiger partial charge in [-0.15, -0.1) is 0 Å². The summed E-state index contributed by atoms with van der Waals surface area (Å²) in [7, 11) is 0. The second kappa shape index (κ2) is 9.85. The third-order valence-electron chi connectivity index (χ3n) is 5.19. The van der Waals surface area contributed by atoms with Gasteiger partial charge in [0.15, 0.2) is 0 Å². The number of anilines is 1. The highest BCUT2D eigenvalue weighted by Gasteiger charge is 2.22. The number of halogens is 1. The first kappa shape index (κ1) is 20.6. The molecule has 5 nitrogen and oxygen atoms in total. The molecular weight excluding hydrogens is 418 g/mol. The topological polar surface area (TPSA) is 75.4 Å². The summed E-state index contributed by atoms with van der Waals surface area (Å²) in [5.41, 5.74) is 8.51. The molecule has 28 heavy (non-hydrogen) atoms. The van der Waals surface area contributed by atoms with Gasteiger partial charge in [-0.3, -0.25) is 14.5 Å². The quantitative estimate of drug-likeness (QED) is 0.684. The second-order valence-corrected chi connectivity index (χ2v) is 8.15. The molecule has 0 aromatic heterocycles. The van der Waals surface area contributed by atoms with Crippen molar-refractivity contribution in [3.8, 4) is 0 Å². The molecule has 0 aliphatic carbocycles. The van der Waals surface area contributed by atoms with E-state index >= 15 is 0 Å². The summed E-state index contributed by atoms with van der Waals surface area (Å²) in [5, 5.41) is 3.00. The average molecular weight is 444 g/mol. The lowest BCUT2D eigenvalue weighted by molar-refractivity contribution is -0.123. The SMILES string of the molecule is NC(=O)C1CCN(Cc2cccc(NC(=O)CCc3ccccc3Br)c2)CC1. The Labute approximate surface area is 174 Å². The highest BCUT2D eigenvalue weighted by molar-refractivity contribution is 9.10. The fraction of sp³-hybridized carbons (Fsp3) is 0.364. The van der Waals surface area contributed by atoms with Crippen molar-refractivity contribution in [3.63, 3.8) is 0 Å². The molecule has 1 aliphatic heterocycles. The maximum atomic E-state index is 12.3. The number of carbonyl (C=O) groups is 2. The van der Waals surface area contributed by atoms with Gasteiger partial charge >= 0.3 is 0 Å². The second-order valence-electron chi connectivity index (χ2n) is 7.29. The molecule has 148 valence electrons. The van der Waals surface area contributed by atoms with Crippen LogP contribution in [-0.4, -0.2) is 29.8 Å². The van der Waals surface area contributed by atoms with E-state index in [9.17, 15) is 9.59 Å².